The van der Waals surface area contributed by atoms with Gasteiger partial charge in [0.15, 0.2) is 11.5 Å². The van der Waals surface area contributed by atoms with E-state index < -0.39 is 0 Å². The summed E-state index contributed by atoms with van der Waals surface area (Å²) in [6.45, 7) is 4.43. The number of rotatable bonds is 3. The van der Waals surface area contributed by atoms with Gasteiger partial charge in [0.1, 0.15) is 5.82 Å². The Bertz CT molecular complexity index is 646. The molecule has 3 rings (SSSR count). The largest absolute Gasteiger partial charge is 0.454 e. The van der Waals surface area contributed by atoms with Gasteiger partial charge in [-0.3, -0.25) is 0 Å². The first kappa shape index (κ1) is 13.2. The van der Waals surface area contributed by atoms with Crippen LogP contribution < -0.4 is 14.8 Å². The van der Waals surface area contributed by atoms with E-state index in [4.69, 9.17) is 9.47 Å². The second kappa shape index (κ2) is 5.32. The van der Waals surface area contributed by atoms with E-state index in [-0.39, 0.29) is 6.04 Å². The summed E-state index contributed by atoms with van der Waals surface area (Å²) in [5.74, 6) is 2.49. The Hall–Kier alpha value is -1.75. The lowest BCUT2D eigenvalue weighted by molar-refractivity contribution is 0.174. The molecule has 4 nitrogen and oxygen atoms in total. The average molecular weight is 335 g/mol. The number of ether oxygens (including phenoxy) is 2. The highest BCUT2D eigenvalue weighted by atomic mass is 79.9. The number of nitrogens with one attached hydrogen (secondary N) is 1. The molecule has 104 valence electrons. The van der Waals surface area contributed by atoms with Crippen LogP contribution in [0.1, 0.15) is 24.1 Å². The Morgan fingerprint density at radius 3 is 2.85 bits per heavy atom. The summed E-state index contributed by atoms with van der Waals surface area (Å²) in [5.41, 5.74) is 2.24. The third-order valence-corrected chi connectivity index (χ3v) is 3.73. The van der Waals surface area contributed by atoms with Crippen molar-refractivity contribution >= 4 is 21.7 Å². The standard InChI is InChI=1S/C15H15BrN2O2/c1-9-5-12(16)7-17-15(9)18-10(2)11-3-4-13-14(6-11)20-8-19-13/h3-7,10H,8H2,1-2H3,(H,17,18). The number of anilines is 1. The summed E-state index contributed by atoms with van der Waals surface area (Å²) in [7, 11) is 0. The number of aryl methyl sites for hydroxylation is 1. The van der Waals surface area contributed by atoms with Gasteiger partial charge in [0.25, 0.3) is 0 Å². The van der Waals surface area contributed by atoms with Crippen molar-refractivity contribution in [1.29, 1.82) is 0 Å². The molecule has 1 aromatic heterocycles. The number of fused-ring (bicyclic) bond motifs is 1. The zero-order valence-electron chi connectivity index (χ0n) is 11.3. The van der Waals surface area contributed by atoms with Crippen LogP contribution in [0.4, 0.5) is 5.82 Å². The van der Waals surface area contributed by atoms with Crippen LogP contribution >= 0.6 is 15.9 Å². The van der Waals surface area contributed by atoms with Crippen molar-refractivity contribution in [3.05, 3.63) is 46.1 Å². The molecular formula is C15H15BrN2O2. The molecule has 0 saturated heterocycles. The Labute approximate surface area is 126 Å². The molecule has 1 atom stereocenters. The van der Waals surface area contributed by atoms with E-state index in [1.807, 2.05) is 31.2 Å². The third-order valence-electron chi connectivity index (χ3n) is 3.29. The molecule has 1 aliphatic rings. The molecule has 0 fully saturated rings. The molecule has 0 spiro atoms. The van der Waals surface area contributed by atoms with Gasteiger partial charge < -0.3 is 14.8 Å². The summed E-state index contributed by atoms with van der Waals surface area (Å²) in [5, 5.41) is 3.42. The molecule has 1 aromatic carbocycles. The van der Waals surface area contributed by atoms with Gasteiger partial charge in [0, 0.05) is 10.7 Å². The predicted molar refractivity (Wildman–Crippen MR) is 81.3 cm³/mol. The Balaban J connectivity index is 1.80. The number of pyridine rings is 1. The zero-order valence-corrected chi connectivity index (χ0v) is 12.9. The molecule has 0 amide bonds. The molecule has 0 saturated carbocycles. The Morgan fingerprint density at radius 1 is 1.25 bits per heavy atom. The number of benzene rings is 1. The van der Waals surface area contributed by atoms with Crippen molar-refractivity contribution in [2.45, 2.75) is 19.9 Å². The van der Waals surface area contributed by atoms with E-state index >= 15 is 0 Å². The monoisotopic (exact) mass is 334 g/mol. The highest BCUT2D eigenvalue weighted by Crippen LogP contribution is 2.34. The van der Waals surface area contributed by atoms with E-state index in [0.717, 1.165) is 32.9 Å². The minimum Gasteiger partial charge on any atom is -0.454 e. The SMILES string of the molecule is Cc1cc(Br)cnc1NC(C)c1ccc2c(c1)OCO2. The zero-order chi connectivity index (χ0) is 14.1. The quantitative estimate of drug-likeness (QED) is 0.919. The minimum atomic E-state index is 0.136. The second-order valence-corrected chi connectivity index (χ2v) is 5.71. The lowest BCUT2D eigenvalue weighted by Gasteiger charge is -2.17. The van der Waals surface area contributed by atoms with Crippen LogP contribution in [0.25, 0.3) is 0 Å². The third kappa shape index (κ3) is 2.58. The van der Waals surface area contributed by atoms with Crippen LogP contribution in [0.3, 0.4) is 0 Å². The summed E-state index contributed by atoms with van der Waals surface area (Å²) in [4.78, 5) is 4.40. The lowest BCUT2D eigenvalue weighted by atomic mass is 10.1. The van der Waals surface area contributed by atoms with E-state index in [1.165, 1.54) is 0 Å². The van der Waals surface area contributed by atoms with Gasteiger partial charge in [-0.15, -0.1) is 0 Å². The van der Waals surface area contributed by atoms with Crippen LogP contribution in [0.15, 0.2) is 34.9 Å². The minimum absolute atomic E-state index is 0.136. The second-order valence-electron chi connectivity index (χ2n) is 4.80. The molecule has 1 aliphatic heterocycles. The Kier molecular flexibility index (Phi) is 3.53. The molecular weight excluding hydrogens is 320 g/mol. The molecule has 0 bridgehead atoms. The van der Waals surface area contributed by atoms with Crippen LogP contribution in [-0.4, -0.2) is 11.8 Å². The first-order valence-electron chi connectivity index (χ1n) is 6.42. The Morgan fingerprint density at radius 2 is 2.05 bits per heavy atom. The van der Waals surface area contributed by atoms with Gasteiger partial charge in [-0.25, -0.2) is 4.98 Å². The molecule has 1 N–H and O–H groups in total. The van der Waals surface area contributed by atoms with Gasteiger partial charge in [-0.1, -0.05) is 6.07 Å². The van der Waals surface area contributed by atoms with Gasteiger partial charge in [0.2, 0.25) is 6.79 Å². The predicted octanol–water partition coefficient (Wildman–Crippen LogP) is 4.05. The summed E-state index contributed by atoms with van der Waals surface area (Å²) in [6, 6.07) is 8.17. The molecule has 5 heteroatoms. The molecule has 0 aliphatic carbocycles. The highest BCUT2D eigenvalue weighted by molar-refractivity contribution is 9.10. The fourth-order valence-corrected chi connectivity index (χ4v) is 2.61. The number of nitrogens with zero attached hydrogens (tertiary/aromatic N) is 1. The maximum Gasteiger partial charge on any atom is 0.231 e. The van der Waals surface area contributed by atoms with Gasteiger partial charge in [-0.05, 0) is 59.1 Å². The van der Waals surface area contributed by atoms with Gasteiger partial charge in [0.05, 0.1) is 6.04 Å². The van der Waals surface area contributed by atoms with Crippen molar-refractivity contribution in [2.75, 3.05) is 12.1 Å². The molecule has 2 heterocycles. The number of hydrogen-bond acceptors (Lipinski definition) is 4. The van der Waals surface area contributed by atoms with E-state index in [2.05, 4.69) is 33.2 Å². The van der Waals surface area contributed by atoms with E-state index in [9.17, 15) is 0 Å². The van der Waals surface area contributed by atoms with Crippen molar-refractivity contribution in [1.82, 2.24) is 4.98 Å². The lowest BCUT2D eigenvalue weighted by Crippen LogP contribution is -2.09. The average Bonchev–Trinajstić information content (AvgIpc) is 2.89. The molecule has 2 aromatic rings. The van der Waals surface area contributed by atoms with Gasteiger partial charge in [-0.2, -0.15) is 0 Å². The van der Waals surface area contributed by atoms with Crippen molar-refractivity contribution in [2.24, 2.45) is 0 Å². The van der Waals surface area contributed by atoms with Crippen molar-refractivity contribution < 1.29 is 9.47 Å². The summed E-state index contributed by atoms with van der Waals surface area (Å²) >= 11 is 3.42. The number of aromatic nitrogens is 1. The maximum absolute atomic E-state index is 5.41. The topological polar surface area (TPSA) is 43.4 Å². The molecule has 0 radical (unpaired) electrons. The van der Waals surface area contributed by atoms with Crippen LogP contribution in [0.2, 0.25) is 0 Å². The summed E-state index contributed by atoms with van der Waals surface area (Å²) < 4.78 is 11.7. The first-order chi connectivity index (χ1) is 9.63. The van der Waals surface area contributed by atoms with Crippen LogP contribution in [0.5, 0.6) is 11.5 Å². The number of hydrogen-bond donors (Lipinski definition) is 1. The van der Waals surface area contributed by atoms with Crippen LogP contribution in [-0.2, 0) is 0 Å². The molecule has 20 heavy (non-hydrogen) atoms. The van der Waals surface area contributed by atoms with Gasteiger partial charge >= 0.3 is 0 Å². The first-order valence-corrected chi connectivity index (χ1v) is 7.21. The van der Waals surface area contributed by atoms with E-state index in [1.54, 1.807) is 6.20 Å². The number of halogens is 1. The van der Waals surface area contributed by atoms with Crippen molar-refractivity contribution in [3.8, 4) is 11.5 Å². The maximum atomic E-state index is 5.41. The normalized spacial score (nSPS) is 14.2. The molecule has 1 unspecified atom stereocenters. The summed E-state index contributed by atoms with van der Waals surface area (Å²) in [6.07, 6.45) is 1.79. The van der Waals surface area contributed by atoms with E-state index in [0.29, 0.717) is 6.79 Å². The fourth-order valence-electron chi connectivity index (χ4n) is 2.16. The smallest absolute Gasteiger partial charge is 0.231 e. The fraction of sp³-hybridized carbons (Fsp3) is 0.267. The highest BCUT2D eigenvalue weighted by Gasteiger charge is 2.16. The van der Waals surface area contributed by atoms with Crippen molar-refractivity contribution in [3.63, 3.8) is 0 Å². The van der Waals surface area contributed by atoms with Crippen LogP contribution in [0, 0.1) is 6.92 Å².